The zero-order valence-electron chi connectivity index (χ0n) is 35.2. The monoisotopic (exact) mass is 721 g/mol. The molecule has 0 radical (unpaired) electrons. The number of pyridine rings is 1. The number of aryl methyl sites for hydroxylation is 4. The normalized spacial score (nSPS) is 13.9. The summed E-state index contributed by atoms with van der Waals surface area (Å²) >= 11 is 0. The van der Waals surface area contributed by atoms with E-state index in [2.05, 4.69) is 152 Å². The molecule has 6 aromatic carbocycles. The summed E-state index contributed by atoms with van der Waals surface area (Å²) in [6, 6.07) is 45.8. The summed E-state index contributed by atoms with van der Waals surface area (Å²) < 4.78 is 33.5. The first-order valence-electron chi connectivity index (χ1n) is 20.4. The van der Waals surface area contributed by atoms with E-state index in [0.717, 1.165) is 67.2 Å². The van der Waals surface area contributed by atoms with Crippen molar-refractivity contribution < 1.29 is 8.85 Å². The van der Waals surface area contributed by atoms with E-state index in [1.165, 1.54) is 22.3 Å². The number of rotatable bonds is 6. The fourth-order valence-corrected chi connectivity index (χ4v) is 8.17. The number of fused-ring (bicyclic) bond motifs is 4. The Balaban J connectivity index is 1.11. The van der Waals surface area contributed by atoms with Crippen LogP contribution in [0.25, 0.3) is 38.8 Å². The van der Waals surface area contributed by atoms with Gasteiger partial charge in [0, 0.05) is 44.6 Å². The minimum atomic E-state index is -2.22. The Morgan fingerprint density at radius 2 is 1.36 bits per heavy atom. The number of hydrogen-bond acceptors (Lipinski definition) is 4. The van der Waals surface area contributed by atoms with Gasteiger partial charge in [0.1, 0.15) is 24.0 Å². The zero-order chi connectivity index (χ0) is 40.5. The van der Waals surface area contributed by atoms with Crippen molar-refractivity contribution in [3.05, 3.63) is 167 Å². The van der Waals surface area contributed by atoms with Gasteiger partial charge in [-0.25, -0.2) is 4.98 Å². The SMILES string of the molecule is [2H]C([2H])([2H])c1cc(C)cc(N2CN(c3cccc(Oc4ccc5c6ccccc6n(-c6cc(C(C)(C)C)ccn6)c5c4)c3)c3ccc(-c4c(C)cccc4C)cc32)c1. The third-order valence-corrected chi connectivity index (χ3v) is 10.8. The first-order chi connectivity index (χ1) is 27.7. The number of hydrogen-bond donors (Lipinski definition) is 0. The first-order valence-corrected chi connectivity index (χ1v) is 18.9. The molecule has 5 nitrogen and oxygen atoms in total. The minimum absolute atomic E-state index is 0.0222. The van der Waals surface area contributed by atoms with Gasteiger partial charge < -0.3 is 14.5 Å². The molecule has 5 heteroatoms. The van der Waals surface area contributed by atoms with Gasteiger partial charge in [-0.2, -0.15) is 0 Å². The molecule has 0 spiro atoms. The minimum Gasteiger partial charge on any atom is -0.457 e. The van der Waals surface area contributed by atoms with Crippen LogP contribution in [0, 0.1) is 27.6 Å². The van der Waals surface area contributed by atoms with E-state index in [4.69, 9.17) is 13.8 Å². The van der Waals surface area contributed by atoms with Gasteiger partial charge in [0.25, 0.3) is 0 Å². The van der Waals surface area contributed by atoms with Gasteiger partial charge >= 0.3 is 0 Å². The highest BCUT2D eigenvalue weighted by Gasteiger charge is 2.29. The number of ether oxygens (including phenoxy) is 1. The Morgan fingerprint density at radius 1 is 0.618 bits per heavy atom. The molecule has 3 heterocycles. The second kappa shape index (κ2) is 13.2. The van der Waals surface area contributed by atoms with Gasteiger partial charge in [-0.3, -0.25) is 4.57 Å². The van der Waals surface area contributed by atoms with Gasteiger partial charge in [0.05, 0.1) is 22.4 Å². The van der Waals surface area contributed by atoms with Crippen LogP contribution in [0.4, 0.5) is 22.7 Å². The molecule has 0 atom stereocenters. The molecule has 2 aromatic heterocycles. The summed E-state index contributed by atoms with van der Waals surface area (Å²) in [4.78, 5) is 9.34. The van der Waals surface area contributed by atoms with Gasteiger partial charge in [0.15, 0.2) is 0 Å². The van der Waals surface area contributed by atoms with E-state index in [9.17, 15) is 0 Å². The summed E-state index contributed by atoms with van der Waals surface area (Å²) in [5.74, 6) is 2.30. The van der Waals surface area contributed by atoms with Crippen LogP contribution < -0.4 is 14.5 Å². The van der Waals surface area contributed by atoms with Crippen LogP contribution in [0.2, 0.25) is 0 Å². The van der Waals surface area contributed by atoms with Gasteiger partial charge in [0.2, 0.25) is 0 Å². The average molecular weight is 722 g/mol. The van der Waals surface area contributed by atoms with Crippen LogP contribution in [0.15, 0.2) is 140 Å². The van der Waals surface area contributed by atoms with Crippen molar-refractivity contribution in [2.24, 2.45) is 0 Å². The maximum atomic E-state index is 8.21. The van der Waals surface area contributed by atoms with E-state index in [0.29, 0.717) is 18.0 Å². The van der Waals surface area contributed by atoms with E-state index in [1.807, 2.05) is 37.4 Å². The summed E-state index contributed by atoms with van der Waals surface area (Å²) in [6.45, 7) is 11.2. The molecule has 0 saturated carbocycles. The topological polar surface area (TPSA) is 33.5 Å². The predicted molar refractivity (Wildman–Crippen MR) is 230 cm³/mol. The predicted octanol–water partition coefficient (Wildman–Crippen LogP) is 13.4. The molecular formula is C50H46N4O. The van der Waals surface area contributed by atoms with Gasteiger partial charge in [-0.1, -0.05) is 75.4 Å². The molecule has 9 rings (SSSR count). The Morgan fingerprint density at radius 3 is 2.18 bits per heavy atom. The molecule has 0 amide bonds. The lowest BCUT2D eigenvalue weighted by Gasteiger charge is -2.23. The molecule has 272 valence electrons. The van der Waals surface area contributed by atoms with Crippen molar-refractivity contribution >= 4 is 44.6 Å². The molecule has 1 aliphatic rings. The van der Waals surface area contributed by atoms with Crippen LogP contribution in [-0.4, -0.2) is 16.2 Å². The maximum Gasteiger partial charge on any atom is 0.137 e. The molecule has 0 saturated heterocycles. The third-order valence-electron chi connectivity index (χ3n) is 10.8. The summed E-state index contributed by atoms with van der Waals surface area (Å²) in [5, 5.41) is 2.29. The van der Waals surface area contributed by atoms with Crippen LogP contribution in [0.1, 0.15) is 52.7 Å². The summed E-state index contributed by atoms with van der Waals surface area (Å²) in [6.07, 6.45) is 1.90. The van der Waals surface area contributed by atoms with Crippen molar-refractivity contribution in [2.45, 2.75) is 53.8 Å². The molecule has 0 fully saturated rings. The number of nitrogens with zero attached hydrogens (tertiary/aromatic N) is 4. The molecule has 1 aliphatic heterocycles. The quantitative estimate of drug-likeness (QED) is 0.171. The smallest absolute Gasteiger partial charge is 0.137 e. The van der Waals surface area contributed by atoms with E-state index < -0.39 is 6.85 Å². The highest BCUT2D eigenvalue weighted by Crippen LogP contribution is 2.47. The Labute approximate surface area is 328 Å². The Hall–Kier alpha value is -6.33. The number of benzene rings is 6. The fraction of sp³-hybridized carbons (Fsp3) is 0.180. The first kappa shape index (κ1) is 31.1. The highest BCUT2D eigenvalue weighted by atomic mass is 16.5. The molecule has 8 aromatic rings. The maximum absolute atomic E-state index is 8.21. The lowest BCUT2D eigenvalue weighted by atomic mass is 9.88. The van der Waals surface area contributed by atoms with Crippen molar-refractivity contribution in [1.82, 2.24) is 9.55 Å². The average Bonchev–Trinajstić information content (AvgIpc) is 3.73. The number of para-hydroxylation sites is 1. The number of aromatic nitrogens is 2. The molecular weight excluding hydrogens is 673 g/mol. The molecule has 0 bridgehead atoms. The van der Waals surface area contributed by atoms with Gasteiger partial charge in [-0.15, -0.1) is 0 Å². The summed E-state index contributed by atoms with van der Waals surface area (Å²) in [7, 11) is 0. The Bertz CT molecular complexity index is 2870. The van der Waals surface area contributed by atoms with Crippen LogP contribution in [0.3, 0.4) is 0 Å². The van der Waals surface area contributed by atoms with Crippen molar-refractivity contribution in [3.63, 3.8) is 0 Å². The van der Waals surface area contributed by atoms with Crippen molar-refractivity contribution in [3.8, 4) is 28.4 Å². The molecule has 55 heavy (non-hydrogen) atoms. The summed E-state index contributed by atoms with van der Waals surface area (Å²) in [5.41, 5.74) is 13.1. The van der Waals surface area contributed by atoms with E-state index >= 15 is 0 Å². The van der Waals surface area contributed by atoms with Crippen LogP contribution in [0.5, 0.6) is 11.5 Å². The number of anilines is 4. The van der Waals surface area contributed by atoms with E-state index in [-0.39, 0.29) is 5.41 Å². The zero-order valence-corrected chi connectivity index (χ0v) is 32.2. The van der Waals surface area contributed by atoms with Gasteiger partial charge in [-0.05, 0) is 139 Å². The van der Waals surface area contributed by atoms with Crippen LogP contribution >= 0.6 is 0 Å². The van der Waals surface area contributed by atoms with Crippen molar-refractivity contribution in [2.75, 3.05) is 16.5 Å². The third kappa shape index (κ3) is 6.20. The standard InChI is InChI=1S/C50H46N4O/c1-32-24-33(2)26-39(25-32)53-31-52(45-21-18-36(27-47(45)53)49-34(3)12-10-13-35(49)4)38-14-11-15-40(29-38)55-41-19-20-43-42-16-8-9-17-44(42)54(46(43)30-41)48-28-37(22-23-51-48)50(5,6)7/h8-30H,31H2,1-7H3/i1D3. The van der Waals surface area contributed by atoms with Crippen molar-refractivity contribution in [1.29, 1.82) is 0 Å². The second-order valence-corrected chi connectivity index (χ2v) is 15.8. The molecule has 0 N–H and O–H groups in total. The molecule has 0 aliphatic carbocycles. The van der Waals surface area contributed by atoms with Crippen LogP contribution in [-0.2, 0) is 5.41 Å². The highest BCUT2D eigenvalue weighted by molar-refractivity contribution is 6.09. The lowest BCUT2D eigenvalue weighted by molar-refractivity contribution is 0.483. The van der Waals surface area contributed by atoms with E-state index in [1.54, 1.807) is 6.07 Å². The Kier molecular flexibility index (Phi) is 7.46. The lowest BCUT2D eigenvalue weighted by Crippen LogP contribution is -2.24. The largest absolute Gasteiger partial charge is 0.457 e. The molecule has 0 unspecified atom stereocenters. The fourth-order valence-electron chi connectivity index (χ4n) is 8.17. The second-order valence-electron chi connectivity index (χ2n) is 15.8.